The Bertz CT molecular complexity index is 703. The van der Waals surface area contributed by atoms with Gasteiger partial charge in [-0.3, -0.25) is 4.79 Å². The smallest absolute Gasteiger partial charge is 0.297 e. The maximum absolute atomic E-state index is 12.5. The van der Waals surface area contributed by atoms with E-state index in [1.807, 2.05) is 30.3 Å². The van der Waals surface area contributed by atoms with E-state index in [0.29, 0.717) is 24.0 Å². The van der Waals surface area contributed by atoms with Crippen LogP contribution >= 0.6 is 0 Å². The molecular weight excluding hydrogens is 308 g/mol. The average Bonchev–Trinajstić information content (AvgIpc) is 3.39. The number of oxazole rings is 1. The summed E-state index contributed by atoms with van der Waals surface area (Å²) in [5, 5.41) is 0. The third kappa shape index (κ3) is 3.34. The first-order valence-corrected chi connectivity index (χ1v) is 8.45. The Balaban J connectivity index is 1.50. The maximum atomic E-state index is 12.5. The number of rotatable bonds is 5. The van der Waals surface area contributed by atoms with Crippen molar-refractivity contribution in [2.45, 2.75) is 44.3 Å². The summed E-state index contributed by atoms with van der Waals surface area (Å²) in [5.41, 5.74) is 3.64. The molecule has 1 aromatic carbocycles. The highest BCUT2D eigenvalue weighted by Crippen LogP contribution is 2.43. The van der Waals surface area contributed by atoms with Gasteiger partial charge in [-0.05, 0) is 37.8 Å². The number of ether oxygens (including phenoxy) is 1. The lowest BCUT2D eigenvalue weighted by Gasteiger charge is -2.21. The van der Waals surface area contributed by atoms with Crippen LogP contribution < -0.4 is 5.48 Å². The van der Waals surface area contributed by atoms with Gasteiger partial charge in [0.1, 0.15) is 5.76 Å². The Morgan fingerprint density at radius 1 is 1.17 bits per heavy atom. The Morgan fingerprint density at radius 3 is 2.71 bits per heavy atom. The van der Waals surface area contributed by atoms with Crippen LogP contribution in [0.15, 0.2) is 34.7 Å². The second kappa shape index (κ2) is 6.75. The van der Waals surface area contributed by atoms with Gasteiger partial charge in [0.15, 0.2) is 12.0 Å². The molecule has 1 saturated carbocycles. The molecule has 1 aliphatic heterocycles. The van der Waals surface area contributed by atoms with Gasteiger partial charge in [-0.2, -0.15) is 0 Å². The van der Waals surface area contributed by atoms with Gasteiger partial charge in [0, 0.05) is 24.5 Å². The summed E-state index contributed by atoms with van der Waals surface area (Å²) in [6.07, 6.45) is 4.52. The van der Waals surface area contributed by atoms with Gasteiger partial charge in [0.2, 0.25) is 5.89 Å². The number of carbonyl (C=O) groups is 1. The van der Waals surface area contributed by atoms with Crippen LogP contribution in [0.3, 0.4) is 0 Å². The van der Waals surface area contributed by atoms with Crippen molar-refractivity contribution < 1.29 is 18.8 Å². The van der Waals surface area contributed by atoms with Gasteiger partial charge in [-0.25, -0.2) is 15.3 Å². The first kappa shape index (κ1) is 15.4. The lowest BCUT2D eigenvalue weighted by Crippen LogP contribution is -2.33. The molecule has 1 aromatic heterocycles. The summed E-state index contributed by atoms with van der Waals surface area (Å²) < 4.78 is 11.3. The molecule has 2 aromatic rings. The van der Waals surface area contributed by atoms with Crippen LogP contribution in [0, 0.1) is 0 Å². The third-order valence-electron chi connectivity index (χ3n) is 4.26. The van der Waals surface area contributed by atoms with Crippen molar-refractivity contribution in [1.29, 1.82) is 0 Å². The molecule has 2 aliphatic rings. The van der Waals surface area contributed by atoms with Gasteiger partial charge in [0.25, 0.3) is 5.91 Å². The van der Waals surface area contributed by atoms with Crippen molar-refractivity contribution in [2.75, 3.05) is 6.61 Å². The monoisotopic (exact) mass is 328 g/mol. The number of aromatic nitrogens is 1. The second-order valence-corrected chi connectivity index (χ2v) is 6.22. The molecule has 1 amide bonds. The van der Waals surface area contributed by atoms with E-state index < -0.39 is 0 Å². The van der Waals surface area contributed by atoms with Crippen LogP contribution in [0.2, 0.25) is 0 Å². The zero-order valence-electron chi connectivity index (χ0n) is 13.4. The van der Waals surface area contributed by atoms with Crippen molar-refractivity contribution in [3.05, 3.63) is 41.8 Å². The zero-order chi connectivity index (χ0) is 16.4. The Hall–Kier alpha value is -2.18. The first-order chi connectivity index (χ1) is 11.8. The highest BCUT2D eigenvalue weighted by atomic mass is 16.8. The fraction of sp³-hybridized carbons (Fsp3) is 0.444. The highest BCUT2D eigenvalue weighted by molar-refractivity contribution is 5.93. The largest absolute Gasteiger partial charge is 0.440 e. The molecule has 2 heterocycles. The number of nitrogens with zero attached hydrogens (tertiary/aromatic N) is 1. The molecule has 6 heteroatoms. The second-order valence-electron chi connectivity index (χ2n) is 6.22. The summed E-state index contributed by atoms with van der Waals surface area (Å²) in [4.78, 5) is 22.2. The van der Waals surface area contributed by atoms with Gasteiger partial charge in [-0.15, -0.1) is 0 Å². The summed E-state index contributed by atoms with van der Waals surface area (Å²) in [6, 6.07) is 9.59. The van der Waals surface area contributed by atoms with Crippen molar-refractivity contribution in [2.24, 2.45) is 0 Å². The molecule has 2 fully saturated rings. The molecule has 0 bridgehead atoms. The summed E-state index contributed by atoms with van der Waals surface area (Å²) in [6.45, 7) is 0.663. The van der Waals surface area contributed by atoms with Crippen LogP contribution in [-0.4, -0.2) is 23.8 Å². The zero-order valence-corrected chi connectivity index (χ0v) is 13.4. The lowest BCUT2D eigenvalue weighted by atomic mass is 10.2. The highest BCUT2D eigenvalue weighted by Gasteiger charge is 2.34. The van der Waals surface area contributed by atoms with Crippen molar-refractivity contribution in [3.8, 4) is 11.5 Å². The standard InChI is InChI=1S/C18H20N2O4/c21-17(20-24-14-8-4-5-11-22-14)15-16(12-9-10-12)23-18(19-15)13-6-2-1-3-7-13/h1-3,6-7,12,14H,4-5,8-11H2,(H,20,21)/t14-/m1/s1. The lowest BCUT2D eigenvalue weighted by molar-refractivity contribution is -0.186. The number of hydrogen-bond donors (Lipinski definition) is 1. The summed E-state index contributed by atoms with van der Waals surface area (Å²) in [5.74, 6) is 1.02. The topological polar surface area (TPSA) is 73.6 Å². The van der Waals surface area contributed by atoms with E-state index in [4.69, 9.17) is 14.0 Å². The SMILES string of the molecule is O=C(NO[C@@H]1CCCCO1)c1nc(-c2ccccc2)oc1C1CC1. The average molecular weight is 328 g/mol. The predicted octanol–water partition coefficient (Wildman–Crippen LogP) is 3.41. The van der Waals surface area contributed by atoms with E-state index in [0.717, 1.165) is 37.7 Å². The van der Waals surface area contributed by atoms with E-state index >= 15 is 0 Å². The maximum Gasteiger partial charge on any atom is 0.297 e. The van der Waals surface area contributed by atoms with E-state index in [1.54, 1.807) is 0 Å². The fourth-order valence-corrected chi connectivity index (χ4v) is 2.79. The van der Waals surface area contributed by atoms with Crippen molar-refractivity contribution in [1.82, 2.24) is 10.5 Å². The molecular formula is C18H20N2O4. The number of nitrogens with one attached hydrogen (secondary N) is 1. The van der Waals surface area contributed by atoms with Gasteiger partial charge >= 0.3 is 0 Å². The van der Waals surface area contributed by atoms with Crippen LogP contribution in [0.25, 0.3) is 11.5 Å². The molecule has 1 saturated heterocycles. The molecule has 6 nitrogen and oxygen atoms in total. The molecule has 4 rings (SSSR count). The van der Waals surface area contributed by atoms with E-state index in [-0.39, 0.29) is 18.1 Å². The number of hydrogen-bond acceptors (Lipinski definition) is 5. The quantitative estimate of drug-likeness (QED) is 0.852. The Labute approximate surface area is 140 Å². The molecule has 24 heavy (non-hydrogen) atoms. The minimum Gasteiger partial charge on any atom is -0.440 e. The van der Waals surface area contributed by atoms with Crippen molar-refractivity contribution in [3.63, 3.8) is 0 Å². The van der Waals surface area contributed by atoms with Gasteiger partial charge < -0.3 is 9.15 Å². The minimum absolute atomic E-state index is 0.279. The minimum atomic E-state index is -0.382. The number of amides is 1. The normalized spacial score (nSPS) is 20.8. The summed E-state index contributed by atoms with van der Waals surface area (Å²) in [7, 11) is 0. The van der Waals surface area contributed by atoms with Gasteiger partial charge in [0.05, 0.1) is 0 Å². The van der Waals surface area contributed by atoms with Crippen LogP contribution in [0.1, 0.15) is 54.3 Å². The molecule has 0 unspecified atom stereocenters. The number of benzene rings is 1. The first-order valence-electron chi connectivity index (χ1n) is 8.45. The fourth-order valence-electron chi connectivity index (χ4n) is 2.79. The van der Waals surface area contributed by atoms with Crippen LogP contribution in [-0.2, 0) is 9.57 Å². The van der Waals surface area contributed by atoms with E-state index in [9.17, 15) is 4.79 Å². The molecule has 0 spiro atoms. The number of hydroxylamine groups is 1. The van der Waals surface area contributed by atoms with E-state index in [2.05, 4.69) is 10.5 Å². The van der Waals surface area contributed by atoms with Crippen LogP contribution in [0.5, 0.6) is 0 Å². The molecule has 1 N–H and O–H groups in total. The number of carbonyl (C=O) groups excluding carboxylic acids is 1. The van der Waals surface area contributed by atoms with Crippen LogP contribution in [0.4, 0.5) is 0 Å². The third-order valence-corrected chi connectivity index (χ3v) is 4.26. The molecule has 1 aliphatic carbocycles. The molecule has 126 valence electrons. The van der Waals surface area contributed by atoms with Gasteiger partial charge in [-0.1, -0.05) is 18.2 Å². The van der Waals surface area contributed by atoms with E-state index in [1.165, 1.54) is 0 Å². The molecule has 1 atom stereocenters. The molecule has 0 radical (unpaired) electrons. The predicted molar refractivity (Wildman–Crippen MR) is 86.1 cm³/mol. The Kier molecular flexibility index (Phi) is 4.32. The summed E-state index contributed by atoms with van der Waals surface area (Å²) >= 11 is 0. The Morgan fingerprint density at radius 2 is 2.00 bits per heavy atom. The van der Waals surface area contributed by atoms with Crippen molar-refractivity contribution >= 4 is 5.91 Å².